The molecule has 0 aliphatic rings. The summed E-state index contributed by atoms with van der Waals surface area (Å²) in [5.41, 5.74) is 0. The minimum Gasteiger partial charge on any atom is -1.00 e. The van der Waals surface area contributed by atoms with Gasteiger partial charge < -0.3 is 25.7 Å². The summed E-state index contributed by atoms with van der Waals surface area (Å²) in [5.74, 6) is 0. The van der Waals surface area contributed by atoms with Crippen molar-refractivity contribution in [2.24, 2.45) is 0 Å². The van der Waals surface area contributed by atoms with E-state index < -0.39 is 9.28 Å². The average Bonchev–Trinajstić information content (AvgIpc) is 2.69. The van der Waals surface area contributed by atoms with Gasteiger partial charge in [-0.25, -0.2) is 0 Å². The lowest BCUT2D eigenvalue weighted by molar-refractivity contribution is -0.901. The number of quaternary nitrogens is 1. The van der Waals surface area contributed by atoms with Crippen LogP contribution in [0, 0.1) is 0 Å². The largest absolute Gasteiger partial charge is 1.00 e. The number of hydrogen-bond acceptors (Lipinski definition) is 2. The predicted molar refractivity (Wildman–Crippen MR) is 132 cm³/mol. The zero-order chi connectivity index (χ0) is 21.6. The van der Waals surface area contributed by atoms with Gasteiger partial charge in [0.1, 0.15) is 6.17 Å². The number of nitrogens with zero attached hydrogens (tertiary/aromatic N) is 1. The standard InChI is InChI=1S/C25H56NO2Si.ClH/c1-6-10-11-12-13-14-15-16-17-18-19-20-21-22-24-26(5,23-7-2)25-29(27-8-3)28-9-4;/h29H,6-25H2,1-5H3;1H/q+1;/p-1. The normalized spacial score (nSPS) is 13.4. The van der Waals surface area contributed by atoms with Gasteiger partial charge in [-0.15, -0.1) is 0 Å². The van der Waals surface area contributed by atoms with Crippen LogP contribution in [0.2, 0.25) is 0 Å². The van der Waals surface area contributed by atoms with E-state index in [1.54, 1.807) is 0 Å². The SMILES string of the molecule is CCCCCCCCCCCCCCCC[N+](C)(CCC)C[SiH](OCC)OCC.[Cl-]. The summed E-state index contributed by atoms with van der Waals surface area (Å²) < 4.78 is 13.0. The van der Waals surface area contributed by atoms with Crippen LogP contribution in [0.15, 0.2) is 0 Å². The molecule has 0 aliphatic carbocycles. The summed E-state index contributed by atoms with van der Waals surface area (Å²) in [6.45, 7) is 12.9. The highest BCUT2D eigenvalue weighted by Gasteiger charge is 2.28. The maximum Gasteiger partial charge on any atom is 0.380 e. The minimum absolute atomic E-state index is 0. The number of unbranched alkanes of at least 4 members (excludes halogenated alkanes) is 13. The van der Waals surface area contributed by atoms with E-state index in [9.17, 15) is 0 Å². The Morgan fingerprint density at radius 3 is 1.30 bits per heavy atom. The van der Waals surface area contributed by atoms with E-state index in [2.05, 4.69) is 34.7 Å². The van der Waals surface area contributed by atoms with Crippen molar-refractivity contribution in [1.82, 2.24) is 0 Å². The van der Waals surface area contributed by atoms with Crippen LogP contribution in [0.25, 0.3) is 0 Å². The molecule has 0 heterocycles. The number of hydrogen-bond donors (Lipinski definition) is 0. The highest BCUT2D eigenvalue weighted by Crippen LogP contribution is 2.15. The Hall–Kier alpha value is 0.387. The Balaban J connectivity index is 0. The van der Waals surface area contributed by atoms with Gasteiger partial charge in [-0.05, 0) is 33.1 Å². The molecule has 0 amide bonds. The molecule has 0 aromatic carbocycles. The molecule has 0 radical (unpaired) electrons. The second-order valence-electron chi connectivity index (χ2n) is 9.19. The van der Waals surface area contributed by atoms with Crippen LogP contribution in [-0.2, 0) is 8.85 Å². The summed E-state index contributed by atoms with van der Waals surface area (Å²) in [6.07, 6.45) is 22.4. The molecule has 184 valence electrons. The van der Waals surface area contributed by atoms with E-state index in [0.29, 0.717) is 0 Å². The minimum atomic E-state index is -1.51. The van der Waals surface area contributed by atoms with Gasteiger partial charge in [0.2, 0.25) is 0 Å². The Morgan fingerprint density at radius 2 is 0.933 bits per heavy atom. The first-order valence-electron chi connectivity index (χ1n) is 13.2. The van der Waals surface area contributed by atoms with Crippen LogP contribution in [0.5, 0.6) is 0 Å². The first-order chi connectivity index (χ1) is 14.1. The van der Waals surface area contributed by atoms with Crippen LogP contribution < -0.4 is 12.4 Å². The number of halogens is 1. The summed E-state index contributed by atoms with van der Waals surface area (Å²) in [7, 11) is 0.909. The Morgan fingerprint density at radius 1 is 0.533 bits per heavy atom. The quantitative estimate of drug-likeness (QED) is 0.128. The first kappa shape index (κ1) is 32.6. The van der Waals surface area contributed by atoms with Gasteiger partial charge in [0.05, 0.1) is 20.1 Å². The third-order valence-corrected chi connectivity index (χ3v) is 8.70. The van der Waals surface area contributed by atoms with Crippen molar-refractivity contribution in [3.63, 3.8) is 0 Å². The molecular weight excluding hydrogens is 410 g/mol. The van der Waals surface area contributed by atoms with Crippen molar-refractivity contribution >= 4 is 9.28 Å². The third kappa shape index (κ3) is 20.3. The van der Waals surface area contributed by atoms with Crippen molar-refractivity contribution in [3.05, 3.63) is 0 Å². The van der Waals surface area contributed by atoms with Crippen LogP contribution in [0.1, 0.15) is 124 Å². The van der Waals surface area contributed by atoms with Crippen LogP contribution >= 0.6 is 0 Å². The topological polar surface area (TPSA) is 18.5 Å². The van der Waals surface area contributed by atoms with E-state index in [4.69, 9.17) is 8.85 Å². The van der Waals surface area contributed by atoms with E-state index >= 15 is 0 Å². The Bertz CT molecular complexity index is 330. The van der Waals surface area contributed by atoms with Gasteiger partial charge in [0.15, 0.2) is 0 Å². The molecule has 0 aliphatic heterocycles. The van der Waals surface area contributed by atoms with Gasteiger partial charge in [-0.2, -0.15) is 0 Å². The molecule has 1 atom stereocenters. The molecule has 5 heteroatoms. The van der Waals surface area contributed by atoms with E-state index in [0.717, 1.165) is 23.9 Å². The van der Waals surface area contributed by atoms with Gasteiger partial charge in [-0.3, -0.25) is 0 Å². The highest BCUT2D eigenvalue weighted by atomic mass is 35.5. The molecule has 3 nitrogen and oxygen atoms in total. The van der Waals surface area contributed by atoms with Crippen molar-refractivity contribution in [3.8, 4) is 0 Å². The zero-order valence-electron chi connectivity index (χ0n) is 21.4. The Kier molecular flexibility index (Phi) is 26.1. The van der Waals surface area contributed by atoms with Gasteiger partial charge in [0, 0.05) is 13.2 Å². The zero-order valence-corrected chi connectivity index (χ0v) is 23.3. The maximum atomic E-state index is 5.95. The summed E-state index contributed by atoms with van der Waals surface area (Å²) >= 11 is 0. The highest BCUT2D eigenvalue weighted by molar-refractivity contribution is 6.44. The molecular formula is C25H56ClNO2Si. The Labute approximate surface area is 198 Å². The lowest BCUT2D eigenvalue weighted by atomic mass is 10.0. The fourth-order valence-corrected chi connectivity index (χ4v) is 6.54. The lowest BCUT2D eigenvalue weighted by Crippen LogP contribution is -3.00. The molecule has 1 unspecified atom stereocenters. The second-order valence-corrected chi connectivity index (χ2v) is 11.1. The molecule has 0 fully saturated rings. The molecule has 0 saturated heterocycles. The molecule has 0 spiro atoms. The van der Waals surface area contributed by atoms with Gasteiger partial charge in [0.25, 0.3) is 0 Å². The molecule has 0 N–H and O–H groups in total. The van der Waals surface area contributed by atoms with Gasteiger partial charge >= 0.3 is 9.28 Å². The first-order valence-corrected chi connectivity index (χ1v) is 14.9. The van der Waals surface area contributed by atoms with Crippen LogP contribution in [-0.4, -0.2) is 53.3 Å². The summed E-state index contributed by atoms with van der Waals surface area (Å²) in [4.78, 5) is 0. The fourth-order valence-electron chi connectivity index (χ4n) is 4.41. The van der Waals surface area contributed by atoms with Gasteiger partial charge in [-0.1, -0.05) is 90.9 Å². The molecule has 0 rings (SSSR count). The van der Waals surface area contributed by atoms with E-state index in [1.165, 1.54) is 109 Å². The summed E-state index contributed by atoms with van der Waals surface area (Å²) in [6, 6.07) is 0. The van der Waals surface area contributed by atoms with E-state index in [-0.39, 0.29) is 12.4 Å². The van der Waals surface area contributed by atoms with Crippen molar-refractivity contribution < 1.29 is 25.7 Å². The predicted octanol–water partition coefficient (Wildman–Crippen LogP) is 4.16. The van der Waals surface area contributed by atoms with Crippen LogP contribution in [0.3, 0.4) is 0 Å². The maximum absolute atomic E-state index is 5.95. The molecule has 0 aromatic heterocycles. The second kappa shape index (κ2) is 24.0. The molecule has 0 aromatic rings. The van der Waals surface area contributed by atoms with Crippen LogP contribution in [0.4, 0.5) is 0 Å². The fraction of sp³-hybridized carbons (Fsp3) is 1.00. The van der Waals surface area contributed by atoms with Crippen molar-refractivity contribution in [1.29, 1.82) is 0 Å². The average molecular weight is 466 g/mol. The molecule has 0 bridgehead atoms. The number of rotatable bonds is 23. The lowest BCUT2D eigenvalue weighted by Gasteiger charge is -2.36. The van der Waals surface area contributed by atoms with Crippen molar-refractivity contribution in [2.45, 2.75) is 124 Å². The monoisotopic (exact) mass is 465 g/mol. The molecule has 30 heavy (non-hydrogen) atoms. The van der Waals surface area contributed by atoms with E-state index in [1.807, 2.05) is 0 Å². The summed E-state index contributed by atoms with van der Waals surface area (Å²) in [5, 5.41) is 0. The third-order valence-electron chi connectivity index (χ3n) is 6.11. The smallest absolute Gasteiger partial charge is 0.380 e. The molecule has 0 saturated carbocycles. The van der Waals surface area contributed by atoms with Crippen molar-refractivity contribution in [2.75, 3.05) is 39.5 Å².